The van der Waals surface area contributed by atoms with Gasteiger partial charge in [-0.1, -0.05) is 0 Å². The van der Waals surface area contributed by atoms with Crippen molar-refractivity contribution in [3.63, 3.8) is 0 Å². The molecule has 1 N–H and O–H groups in total. The van der Waals surface area contributed by atoms with Gasteiger partial charge in [0, 0.05) is 17.8 Å². The highest BCUT2D eigenvalue weighted by Gasteiger charge is 1.86. The summed E-state index contributed by atoms with van der Waals surface area (Å²) in [6.07, 6.45) is 2.07. The third kappa shape index (κ3) is 2.03. The Morgan fingerprint density at radius 2 is 2.20 bits per heavy atom. The molecule has 0 amide bonds. The molecule has 0 radical (unpaired) electrons. The van der Waals surface area contributed by atoms with Crippen LogP contribution in [0.4, 0.5) is 0 Å². The number of aromatic nitrogens is 1. The maximum Gasteiger partial charge on any atom is 0.248 e. The number of carbonyl (C=O) groups excluding carboxylic acids is 1. The van der Waals surface area contributed by atoms with Crippen LogP contribution in [0, 0.1) is 0 Å². The van der Waals surface area contributed by atoms with Crippen LogP contribution in [0.15, 0.2) is 23.1 Å². The molecule has 0 spiro atoms. The fourth-order valence-corrected chi connectivity index (χ4v) is 0.534. The van der Waals surface area contributed by atoms with Crippen molar-refractivity contribution in [2.24, 2.45) is 0 Å². The molecule has 0 bridgehead atoms. The average molecular weight is 160 g/mol. The van der Waals surface area contributed by atoms with Crippen molar-refractivity contribution in [3.8, 4) is 0 Å². The van der Waals surface area contributed by atoms with Crippen molar-refractivity contribution in [3.05, 3.63) is 34.2 Å². The number of carbonyl (C=O) groups is 1. The smallest absolute Gasteiger partial charge is 0.248 e. The Kier molecular flexibility index (Phi) is 3.43. The van der Waals surface area contributed by atoms with Gasteiger partial charge in [0.05, 0.1) is 0 Å². The number of aldehydes is 1. The van der Waals surface area contributed by atoms with Crippen molar-refractivity contribution in [2.45, 2.75) is 0 Å². The first kappa shape index (κ1) is 8.91. The number of pyridine rings is 1. The molecule has 1 aromatic rings. The molecule has 3 nitrogen and oxygen atoms in total. The van der Waals surface area contributed by atoms with E-state index in [9.17, 15) is 9.59 Å². The van der Waals surface area contributed by atoms with Crippen molar-refractivity contribution < 1.29 is 4.79 Å². The van der Waals surface area contributed by atoms with Crippen LogP contribution in [0.5, 0.6) is 0 Å². The molecule has 0 aromatic carbocycles. The molecule has 0 saturated carbocycles. The summed E-state index contributed by atoms with van der Waals surface area (Å²) < 4.78 is 0. The molecule has 54 valence electrons. The molecule has 0 aliphatic rings. The predicted molar refractivity (Wildman–Crippen MR) is 39.7 cm³/mol. The highest BCUT2D eigenvalue weighted by molar-refractivity contribution is 5.85. The lowest BCUT2D eigenvalue weighted by Crippen LogP contribution is -2.02. The molecular weight excluding hydrogens is 154 g/mol. The summed E-state index contributed by atoms with van der Waals surface area (Å²) >= 11 is 0. The van der Waals surface area contributed by atoms with Gasteiger partial charge in [0.15, 0.2) is 0 Å². The van der Waals surface area contributed by atoms with Gasteiger partial charge >= 0.3 is 0 Å². The van der Waals surface area contributed by atoms with Gasteiger partial charge in [0.2, 0.25) is 5.56 Å². The largest absolute Gasteiger partial charge is 0.329 e. The fraction of sp³-hybridized carbons (Fsp3) is 0. The zero-order chi connectivity index (χ0) is 6.69. The van der Waals surface area contributed by atoms with Gasteiger partial charge in [0.1, 0.15) is 6.29 Å². The lowest BCUT2D eigenvalue weighted by atomic mass is 10.3. The second-order valence-corrected chi connectivity index (χ2v) is 1.60. The van der Waals surface area contributed by atoms with E-state index in [-0.39, 0.29) is 18.0 Å². The van der Waals surface area contributed by atoms with Gasteiger partial charge in [-0.05, 0) is 6.07 Å². The standard InChI is InChI=1S/C6H5NO2.ClH/c8-4-5-1-2-7-6(9)3-5;/h1-4H,(H,7,9);1H. The monoisotopic (exact) mass is 159 g/mol. The number of aromatic amines is 1. The molecule has 4 heteroatoms. The molecule has 0 unspecified atom stereocenters. The molecule has 1 heterocycles. The van der Waals surface area contributed by atoms with Crippen LogP contribution in [-0.2, 0) is 0 Å². The van der Waals surface area contributed by atoms with Crippen LogP contribution >= 0.6 is 12.4 Å². The maximum atomic E-state index is 10.4. The van der Waals surface area contributed by atoms with E-state index in [4.69, 9.17) is 0 Å². The molecule has 1 aromatic heterocycles. The van der Waals surface area contributed by atoms with Gasteiger partial charge in [0.25, 0.3) is 0 Å². The maximum absolute atomic E-state index is 10.4. The SMILES string of the molecule is Cl.O=Cc1cc[nH]c(=O)c1. The number of nitrogens with one attached hydrogen (secondary N) is 1. The van der Waals surface area contributed by atoms with Crippen LogP contribution in [0.1, 0.15) is 10.4 Å². The first-order valence-corrected chi connectivity index (χ1v) is 2.47. The lowest BCUT2D eigenvalue weighted by Gasteiger charge is -1.82. The number of hydrogen-bond donors (Lipinski definition) is 1. The van der Waals surface area contributed by atoms with Crippen LogP contribution in [0.3, 0.4) is 0 Å². The van der Waals surface area contributed by atoms with Crippen molar-refractivity contribution in [1.82, 2.24) is 4.98 Å². The van der Waals surface area contributed by atoms with Gasteiger partial charge in [-0.25, -0.2) is 0 Å². The minimum atomic E-state index is -0.250. The third-order valence-electron chi connectivity index (χ3n) is 0.935. The molecule has 0 saturated heterocycles. The topological polar surface area (TPSA) is 49.9 Å². The van der Waals surface area contributed by atoms with Crippen LogP contribution in [-0.4, -0.2) is 11.3 Å². The van der Waals surface area contributed by atoms with E-state index in [1.807, 2.05) is 0 Å². The number of rotatable bonds is 1. The summed E-state index contributed by atoms with van der Waals surface area (Å²) in [5.41, 5.74) is 0.151. The fourth-order valence-electron chi connectivity index (χ4n) is 0.534. The highest BCUT2D eigenvalue weighted by atomic mass is 35.5. The Morgan fingerprint density at radius 1 is 1.50 bits per heavy atom. The van der Waals surface area contributed by atoms with E-state index >= 15 is 0 Å². The first-order valence-electron chi connectivity index (χ1n) is 2.47. The second kappa shape index (κ2) is 3.85. The lowest BCUT2D eigenvalue weighted by molar-refractivity contribution is 0.112. The third-order valence-corrected chi connectivity index (χ3v) is 0.935. The summed E-state index contributed by atoms with van der Waals surface area (Å²) in [6, 6.07) is 2.78. The van der Waals surface area contributed by atoms with E-state index in [1.165, 1.54) is 18.3 Å². The Hall–Kier alpha value is -1.09. The number of hydrogen-bond acceptors (Lipinski definition) is 2. The van der Waals surface area contributed by atoms with E-state index in [0.717, 1.165) is 0 Å². The molecule has 1 rings (SSSR count). The Labute approximate surface area is 63.5 Å². The van der Waals surface area contributed by atoms with Gasteiger partial charge in [-0.3, -0.25) is 9.59 Å². The van der Waals surface area contributed by atoms with Crippen LogP contribution in [0.2, 0.25) is 0 Å². The van der Waals surface area contributed by atoms with E-state index in [0.29, 0.717) is 11.8 Å². The van der Waals surface area contributed by atoms with Crippen molar-refractivity contribution in [2.75, 3.05) is 0 Å². The molecular formula is C6H6ClNO2. The average Bonchev–Trinajstić information content (AvgIpc) is 1.88. The van der Waals surface area contributed by atoms with E-state index in [1.54, 1.807) is 0 Å². The quantitative estimate of drug-likeness (QED) is 0.611. The summed E-state index contributed by atoms with van der Waals surface area (Å²) in [5, 5.41) is 0. The summed E-state index contributed by atoms with van der Waals surface area (Å²) in [5.74, 6) is 0. The predicted octanol–water partition coefficient (Wildman–Crippen LogP) is 0.609. The Balaban J connectivity index is 0.000000810. The second-order valence-electron chi connectivity index (χ2n) is 1.60. The van der Waals surface area contributed by atoms with Gasteiger partial charge < -0.3 is 4.98 Å². The number of H-pyrrole nitrogens is 1. The molecule has 10 heavy (non-hydrogen) atoms. The minimum Gasteiger partial charge on any atom is -0.329 e. The highest BCUT2D eigenvalue weighted by Crippen LogP contribution is 1.83. The Bertz CT molecular complexity index is 268. The van der Waals surface area contributed by atoms with Gasteiger partial charge in [-0.15, -0.1) is 12.4 Å². The summed E-state index contributed by atoms with van der Waals surface area (Å²) in [4.78, 5) is 22.8. The van der Waals surface area contributed by atoms with E-state index < -0.39 is 0 Å². The molecule has 0 atom stereocenters. The zero-order valence-electron chi connectivity index (χ0n) is 5.03. The van der Waals surface area contributed by atoms with Gasteiger partial charge in [-0.2, -0.15) is 0 Å². The summed E-state index contributed by atoms with van der Waals surface area (Å²) in [6.45, 7) is 0. The van der Waals surface area contributed by atoms with Crippen LogP contribution < -0.4 is 5.56 Å². The van der Waals surface area contributed by atoms with Crippen LogP contribution in [0.25, 0.3) is 0 Å². The first-order chi connectivity index (χ1) is 4.33. The zero-order valence-corrected chi connectivity index (χ0v) is 5.85. The molecule has 0 aliphatic heterocycles. The normalized spacial score (nSPS) is 8.00. The minimum absolute atomic E-state index is 0. The molecule has 0 fully saturated rings. The molecule has 0 aliphatic carbocycles. The Morgan fingerprint density at radius 3 is 2.60 bits per heavy atom. The number of halogens is 1. The van der Waals surface area contributed by atoms with Crippen molar-refractivity contribution in [1.29, 1.82) is 0 Å². The summed E-state index contributed by atoms with van der Waals surface area (Å²) in [7, 11) is 0. The van der Waals surface area contributed by atoms with E-state index in [2.05, 4.69) is 4.98 Å². The van der Waals surface area contributed by atoms with Crippen molar-refractivity contribution >= 4 is 18.7 Å².